The van der Waals surface area contributed by atoms with Crippen LogP contribution in [0.3, 0.4) is 0 Å². The topological polar surface area (TPSA) is 73.9 Å². The molecule has 35 heavy (non-hydrogen) atoms. The minimum atomic E-state index is -0.462. The van der Waals surface area contributed by atoms with E-state index < -0.39 is 11.9 Å². The van der Waals surface area contributed by atoms with Crippen LogP contribution in [-0.4, -0.2) is 39.2 Å². The fourth-order valence-corrected chi connectivity index (χ4v) is 5.00. The summed E-state index contributed by atoms with van der Waals surface area (Å²) in [6, 6.07) is 16.1. The van der Waals surface area contributed by atoms with Gasteiger partial charge in [0.2, 0.25) is 0 Å². The van der Waals surface area contributed by atoms with E-state index in [1.54, 1.807) is 14.2 Å². The van der Waals surface area contributed by atoms with Gasteiger partial charge in [0, 0.05) is 36.4 Å². The molecule has 0 spiro atoms. The van der Waals surface area contributed by atoms with Crippen LogP contribution < -0.4 is 10.1 Å². The van der Waals surface area contributed by atoms with E-state index in [1.807, 2.05) is 43.3 Å². The third kappa shape index (κ3) is 5.17. The molecule has 1 aliphatic heterocycles. The molecule has 6 nitrogen and oxygen atoms in total. The molecule has 0 radical (unpaired) electrons. The van der Waals surface area contributed by atoms with Crippen molar-refractivity contribution in [3.63, 3.8) is 0 Å². The Morgan fingerprint density at radius 1 is 0.971 bits per heavy atom. The molecule has 1 aliphatic carbocycles. The number of benzene rings is 2. The minimum Gasteiger partial charge on any atom is -0.497 e. The lowest BCUT2D eigenvalue weighted by Crippen LogP contribution is -2.36. The van der Waals surface area contributed by atoms with Crippen molar-refractivity contribution in [2.75, 3.05) is 27.4 Å². The van der Waals surface area contributed by atoms with Gasteiger partial charge in [-0.1, -0.05) is 43.3 Å². The van der Waals surface area contributed by atoms with Crippen molar-refractivity contribution in [3.8, 4) is 5.75 Å². The number of carbonyl (C=O) groups is 2. The summed E-state index contributed by atoms with van der Waals surface area (Å²) in [7, 11) is 3.21. The van der Waals surface area contributed by atoms with Gasteiger partial charge in [-0.3, -0.25) is 4.79 Å². The first-order valence-electron chi connectivity index (χ1n) is 12.1. The number of carbonyl (C=O) groups excluding carboxylic acids is 2. The predicted octanol–water partition coefficient (Wildman–Crippen LogP) is 4.81. The molecule has 6 heteroatoms. The van der Waals surface area contributed by atoms with Crippen LogP contribution in [0.2, 0.25) is 0 Å². The quantitative estimate of drug-likeness (QED) is 0.436. The van der Waals surface area contributed by atoms with Gasteiger partial charge in [-0.2, -0.15) is 0 Å². The molecule has 1 N–H and O–H groups in total. The van der Waals surface area contributed by atoms with Gasteiger partial charge >= 0.3 is 5.97 Å². The SMILES string of the molecule is CCc1ccc([C@H]2C(C(=O)OCCOC)=C(C)NC3=C2C(=O)C[C@@H](c2ccc(OC)cc2)C3)cc1. The van der Waals surface area contributed by atoms with Crippen LogP contribution in [0.5, 0.6) is 5.75 Å². The van der Waals surface area contributed by atoms with Crippen LogP contribution in [0.4, 0.5) is 0 Å². The van der Waals surface area contributed by atoms with Gasteiger partial charge in [0.1, 0.15) is 12.4 Å². The number of hydrogen-bond acceptors (Lipinski definition) is 6. The van der Waals surface area contributed by atoms with Crippen LogP contribution in [0.1, 0.15) is 55.2 Å². The monoisotopic (exact) mass is 475 g/mol. The van der Waals surface area contributed by atoms with Gasteiger partial charge in [0.05, 0.1) is 19.3 Å². The summed E-state index contributed by atoms with van der Waals surface area (Å²) in [4.78, 5) is 26.9. The second-order valence-corrected chi connectivity index (χ2v) is 9.01. The maximum atomic E-state index is 13.7. The zero-order chi connectivity index (χ0) is 24.9. The number of Topliss-reactive ketones (excluding diaryl/α,β-unsaturated/α-hetero) is 1. The fourth-order valence-electron chi connectivity index (χ4n) is 5.00. The van der Waals surface area contributed by atoms with Crippen LogP contribution in [-0.2, 0) is 25.5 Å². The van der Waals surface area contributed by atoms with E-state index in [2.05, 4.69) is 24.4 Å². The number of hydrogen-bond donors (Lipinski definition) is 1. The second kappa shape index (κ2) is 10.9. The van der Waals surface area contributed by atoms with Crippen LogP contribution >= 0.6 is 0 Å². The van der Waals surface area contributed by atoms with Crippen molar-refractivity contribution in [2.24, 2.45) is 0 Å². The Hall–Kier alpha value is -3.38. The highest BCUT2D eigenvalue weighted by Gasteiger charge is 2.41. The van der Waals surface area contributed by atoms with Crippen molar-refractivity contribution in [3.05, 3.63) is 87.8 Å². The second-order valence-electron chi connectivity index (χ2n) is 9.01. The number of aryl methyl sites for hydroxylation is 1. The minimum absolute atomic E-state index is 0.0545. The number of ketones is 1. The summed E-state index contributed by atoms with van der Waals surface area (Å²) in [6.07, 6.45) is 2.01. The van der Waals surface area contributed by atoms with Crippen molar-refractivity contribution in [1.29, 1.82) is 0 Å². The van der Waals surface area contributed by atoms with E-state index in [9.17, 15) is 9.59 Å². The van der Waals surface area contributed by atoms with E-state index in [0.717, 1.165) is 34.7 Å². The summed E-state index contributed by atoms with van der Waals surface area (Å²) in [6.45, 7) is 4.46. The Morgan fingerprint density at radius 3 is 2.29 bits per heavy atom. The average molecular weight is 476 g/mol. The highest BCUT2D eigenvalue weighted by atomic mass is 16.6. The normalized spacial score (nSPS) is 19.8. The smallest absolute Gasteiger partial charge is 0.336 e. The summed E-state index contributed by atoms with van der Waals surface area (Å²) in [5.41, 5.74) is 5.99. The predicted molar refractivity (Wildman–Crippen MR) is 134 cm³/mol. The lowest BCUT2D eigenvalue weighted by Gasteiger charge is -2.36. The molecule has 2 aromatic rings. The number of esters is 1. The summed E-state index contributed by atoms with van der Waals surface area (Å²) in [5, 5.41) is 3.40. The molecule has 4 rings (SSSR count). The molecular weight excluding hydrogens is 442 g/mol. The van der Waals surface area contributed by atoms with Gasteiger partial charge in [-0.15, -0.1) is 0 Å². The Morgan fingerprint density at radius 2 is 1.66 bits per heavy atom. The molecule has 0 aromatic heterocycles. The number of dihydropyridines is 1. The van der Waals surface area contributed by atoms with Gasteiger partial charge < -0.3 is 19.5 Å². The molecule has 0 amide bonds. The molecule has 184 valence electrons. The Kier molecular flexibility index (Phi) is 7.71. The highest BCUT2D eigenvalue weighted by Crippen LogP contribution is 2.45. The molecule has 0 bridgehead atoms. The molecule has 0 saturated carbocycles. The van der Waals surface area contributed by atoms with Crippen molar-refractivity contribution in [2.45, 2.75) is 44.9 Å². The Balaban J connectivity index is 1.72. The van der Waals surface area contributed by atoms with Gasteiger partial charge in [-0.05, 0) is 54.5 Å². The van der Waals surface area contributed by atoms with Crippen LogP contribution in [0, 0.1) is 0 Å². The van der Waals surface area contributed by atoms with E-state index in [0.29, 0.717) is 30.6 Å². The number of rotatable bonds is 8. The largest absolute Gasteiger partial charge is 0.497 e. The molecule has 2 aromatic carbocycles. The molecule has 0 saturated heterocycles. The first-order chi connectivity index (χ1) is 17.0. The van der Waals surface area contributed by atoms with Crippen molar-refractivity contribution in [1.82, 2.24) is 5.32 Å². The van der Waals surface area contributed by atoms with Crippen molar-refractivity contribution >= 4 is 11.8 Å². The lowest BCUT2D eigenvalue weighted by atomic mass is 9.71. The van der Waals surface area contributed by atoms with Crippen molar-refractivity contribution < 1.29 is 23.8 Å². The molecule has 0 unspecified atom stereocenters. The molecular formula is C29H33NO5. The number of nitrogens with one attached hydrogen (secondary N) is 1. The van der Waals surface area contributed by atoms with Gasteiger partial charge in [0.25, 0.3) is 0 Å². The summed E-state index contributed by atoms with van der Waals surface area (Å²) in [5.74, 6) is 0.0203. The van der Waals surface area contributed by atoms with Gasteiger partial charge in [-0.25, -0.2) is 4.79 Å². The third-order valence-electron chi connectivity index (χ3n) is 6.88. The first-order valence-corrected chi connectivity index (χ1v) is 12.1. The maximum absolute atomic E-state index is 13.7. The zero-order valence-electron chi connectivity index (χ0n) is 20.9. The van der Waals surface area contributed by atoms with E-state index in [4.69, 9.17) is 14.2 Å². The zero-order valence-corrected chi connectivity index (χ0v) is 20.9. The highest BCUT2D eigenvalue weighted by molar-refractivity contribution is 6.04. The maximum Gasteiger partial charge on any atom is 0.336 e. The number of methoxy groups -OCH3 is 2. The Bertz CT molecular complexity index is 1140. The lowest BCUT2D eigenvalue weighted by molar-refractivity contribution is -0.140. The van der Waals surface area contributed by atoms with E-state index >= 15 is 0 Å². The molecule has 1 heterocycles. The van der Waals surface area contributed by atoms with Gasteiger partial charge in [0.15, 0.2) is 5.78 Å². The molecule has 0 fully saturated rings. The molecule has 2 aliphatic rings. The fraction of sp³-hybridized carbons (Fsp3) is 0.379. The van der Waals surface area contributed by atoms with E-state index in [1.165, 1.54) is 5.56 Å². The third-order valence-corrected chi connectivity index (χ3v) is 6.88. The van der Waals surface area contributed by atoms with Crippen LogP contribution in [0.25, 0.3) is 0 Å². The van der Waals surface area contributed by atoms with E-state index in [-0.39, 0.29) is 18.3 Å². The molecule has 2 atom stereocenters. The van der Waals surface area contributed by atoms with Crippen LogP contribution in [0.15, 0.2) is 71.1 Å². The standard InChI is InChI=1S/C29H33NO5/c1-5-19-6-8-21(9-7-19)27-26(29(32)35-15-14-33-3)18(2)30-24-16-22(17-25(31)28(24)27)20-10-12-23(34-4)13-11-20/h6-13,22,27,30H,5,14-17H2,1-4H3/t22-,27-/m0/s1. The first kappa shape index (κ1) is 24.7. The number of allylic oxidation sites excluding steroid dienone is 3. The number of ether oxygens (including phenoxy) is 3. The Labute approximate surface area is 207 Å². The summed E-state index contributed by atoms with van der Waals surface area (Å²) < 4.78 is 15.8. The summed E-state index contributed by atoms with van der Waals surface area (Å²) >= 11 is 0. The average Bonchev–Trinajstić information content (AvgIpc) is 2.88.